The molecule has 0 radical (unpaired) electrons. The van der Waals surface area contributed by atoms with Crippen LogP contribution in [0, 0.1) is 55.4 Å². The summed E-state index contributed by atoms with van der Waals surface area (Å²) in [6, 6.07) is 17.1. The topological polar surface area (TPSA) is 72.5 Å². The molecule has 52 heavy (non-hydrogen) atoms. The molecule has 0 amide bonds. The van der Waals surface area contributed by atoms with Crippen LogP contribution in [-0.4, -0.2) is 58.8 Å². The summed E-state index contributed by atoms with van der Waals surface area (Å²) in [5.74, 6) is 2.54. The number of ether oxygens (including phenoxy) is 6. The van der Waals surface area contributed by atoms with E-state index in [0.29, 0.717) is 6.16 Å². The Kier molecular flexibility index (Phi) is 11.9. The Morgan fingerprint density at radius 3 is 1.13 bits per heavy atom. The Morgan fingerprint density at radius 1 is 0.538 bits per heavy atom. The van der Waals surface area contributed by atoms with E-state index in [-0.39, 0.29) is 12.3 Å². The van der Waals surface area contributed by atoms with Gasteiger partial charge in [0.15, 0.2) is 5.79 Å². The molecule has 1 heterocycles. The molecule has 4 aromatic carbocycles. The Bertz CT molecular complexity index is 1800. The summed E-state index contributed by atoms with van der Waals surface area (Å²) in [4.78, 5) is 0. The van der Waals surface area contributed by atoms with Crippen molar-refractivity contribution in [2.45, 2.75) is 87.2 Å². The van der Waals surface area contributed by atoms with Crippen LogP contribution in [0.4, 0.5) is 0 Å². The molecule has 5 rings (SSSR count). The molecule has 1 aliphatic rings. The second-order valence-electron chi connectivity index (χ2n) is 14.7. The molecule has 4 aromatic rings. The third-order valence-corrected chi connectivity index (χ3v) is 15.7. The number of hydrogen-bond donors (Lipinski definition) is 0. The average Bonchev–Trinajstić information content (AvgIpc) is 3.34. The van der Waals surface area contributed by atoms with Gasteiger partial charge in [0.2, 0.25) is 0 Å². The van der Waals surface area contributed by atoms with Gasteiger partial charge >= 0.3 is 0 Å². The monoisotopic (exact) mass is 746 g/mol. The van der Waals surface area contributed by atoms with Crippen LogP contribution in [0.3, 0.4) is 0 Å². The maximum Gasteiger partial charge on any atom is 0.163 e. The predicted octanol–water partition coefficient (Wildman–Crippen LogP) is 8.16. The zero-order valence-electron chi connectivity index (χ0n) is 33.4. The Morgan fingerprint density at radius 2 is 0.827 bits per heavy atom. The van der Waals surface area contributed by atoms with E-state index in [0.717, 1.165) is 78.1 Å². The van der Waals surface area contributed by atoms with E-state index in [1.165, 1.54) is 10.6 Å². The first-order valence-corrected chi connectivity index (χ1v) is 21.2. The highest BCUT2D eigenvalue weighted by Gasteiger charge is 2.46. The van der Waals surface area contributed by atoms with Crippen LogP contribution in [0.1, 0.15) is 58.4 Å². The SMILES string of the molecule is COc1c(C)cc(P(C[C@@H]2OC(C)(C)O[C@H]2CP(=O)(c2cc(C)c(OC)c(C)c2)c2cc(C)c(OC)c(C)c2)c2cc(C)c(OC)c(C)c2)cc1C. The molecule has 0 aromatic heterocycles. The summed E-state index contributed by atoms with van der Waals surface area (Å²) in [5.41, 5.74) is 8.14. The molecule has 2 atom stereocenters. The number of rotatable bonds is 12. The molecule has 0 aliphatic carbocycles. The van der Waals surface area contributed by atoms with E-state index < -0.39 is 27.0 Å². The van der Waals surface area contributed by atoms with Gasteiger partial charge in [-0.05, 0) is 181 Å². The van der Waals surface area contributed by atoms with Crippen LogP contribution in [-0.2, 0) is 14.0 Å². The van der Waals surface area contributed by atoms with Crippen molar-refractivity contribution in [3.8, 4) is 23.0 Å². The van der Waals surface area contributed by atoms with Crippen LogP contribution in [0.15, 0.2) is 48.5 Å². The number of methoxy groups -OCH3 is 4. The molecule has 280 valence electrons. The molecule has 1 fully saturated rings. The zero-order chi connectivity index (χ0) is 38.3. The van der Waals surface area contributed by atoms with E-state index in [1.807, 2.05) is 65.8 Å². The smallest absolute Gasteiger partial charge is 0.163 e. The summed E-state index contributed by atoms with van der Waals surface area (Å²) >= 11 is 0. The first kappa shape index (κ1) is 39.9. The lowest BCUT2D eigenvalue weighted by molar-refractivity contribution is -0.142. The summed E-state index contributed by atoms with van der Waals surface area (Å²) < 4.78 is 52.6. The molecule has 1 saturated heterocycles. The summed E-state index contributed by atoms with van der Waals surface area (Å²) in [6.07, 6.45) is 0.182. The molecule has 0 bridgehead atoms. The third-order valence-electron chi connectivity index (χ3n) is 10.1. The minimum Gasteiger partial charge on any atom is -0.496 e. The van der Waals surface area contributed by atoms with Crippen LogP contribution < -0.4 is 40.2 Å². The van der Waals surface area contributed by atoms with Crippen LogP contribution >= 0.6 is 15.1 Å². The maximum absolute atomic E-state index is 16.0. The third kappa shape index (κ3) is 7.80. The fourth-order valence-corrected chi connectivity index (χ4v) is 14.0. The fourth-order valence-electron chi connectivity index (χ4n) is 8.10. The predicted molar refractivity (Wildman–Crippen MR) is 216 cm³/mol. The number of hydrogen-bond acceptors (Lipinski definition) is 7. The van der Waals surface area contributed by atoms with Crippen molar-refractivity contribution in [3.63, 3.8) is 0 Å². The zero-order valence-corrected chi connectivity index (χ0v) is 35.2. The highest BCUT2D eigenvalue weighted by Crippen LogP contribution is 2.51. The van der Waals surface area contributed by atoms with Gasteiger partial charge < -0.3 is 33.0 Å². The van der Waals surface area contributed by atoms with Gasteiger partial charge in [0, 0.05) is 22.9 Å². The Labute approximate surface area is 312 Å². The lowest BCUT2D eigenvalue weighted by Gasteiger charge is -2.29. The molecule has 9 heteroatoms. The molecule has 1 aliphatic heterocycles. The molecular formula is C43H56O7P2. The van der Waals surface area contributed by atoms with Gasteiger partial charge in [-0.3, -0.25) is 0 Å². The number of aryl methyl sites for hydroxylation is 8. The molecule has 0 spiro atoms. The van der Waals surface area contributed by atoms with E-state index in [4.69, 9.17) is 28.4 Å². The van der Waals surface area contributed by atoms with Crippen molar-refractivity contribution in [1.82, 2.24) is 0 Å². The van der Waals surface area contributed by atoms with Crippen LogP contribution in [0.2, 0.25) is 0 Å². The minimum absolute atomic E-state index is 0.280. The van der Waals surface area contributed by atoms with Crippen LogP contribution in [0.5, 0.6) is 23.0 Å². The Balaban J connectivity index is 1.66. The van der Waals surface area contributed by atoms with Crippen LogP contribution in [0.25, 0.3) is 0 Å². The quantitative estimate of drug-likeness (QED) is 0.136. The first-order valence-electron chi connectivity index (χ1n) is 17.8. The largest absolute Gasteiger partial charge is 0.496 e. The highest BCUT2D eigenvalue weighted by molar-refractivity contribution is 7.78. The summed E-state index contributed by atoms with van der Waals surface area (Å²) in [6.45, 7) is 20.4. The second-order valence-corrected chi connectivity index (χ2v) is 19.8. The average molecular weight is 747 g/mol. The fraction of sp³-hybridized carbons (Fsp3) is 0.442. The minimum atomic E-state index is -3.32. The van der Waals surface area contributed by atoms with Crippen molar-refractivity contribution >= 4 is 36.3 Å². The van der Waals surface area contributed by atoms with Crippen molar-refractivity contribution in [3.05, 3.63) is 93.0 Å². The Hall–Kier alpha value is -3.34. The second kappa shape index (κ2) is 15.6. The van der Waals surface area contributed by atoms with Crippen molar-refractivity contribution in [1.29, 1.82) is 0 Å². The van der Waals surface area contributed by atoms with Crippen molar-refractivity contribution < 1.29 is 33.0 Å². The van der Waals surface area contributed by atoms with Gasteiger partial charge in [-0.25, -0.2) is 0 Å². The van der Waals surface area contributed by atoms with Gasteiger partial charge in [-0.15, -0.1) is 0 Å². The molecular weight excluding hydrogens is 690 g/mol. The van der Waals surface area contributed by atoms with Gasteiger partial charge in [-0.2, -0.15) is 0 Å². The van der Waals surface area contributed by atoms with Gasteiger partial charge in [0.25, 0.3) is 0 Å². The van der Waals surface area contributed by atoms with E-state index >= 15 is 4.57 Å². The van der Waals surface area contributed by atoms with Crippen molar-refractivity contribution in [2.75, 3.05) is 40.8 Å². The molecule has 0 saturated carbocycles. The normalized spacial score (nSPS) is 17.1. The van der Waals surface area contributed by atoms with E-state index in [2.05, 4.69) is 52.0 Å². The van der Waals surface area contributed by atoms with Gasteiger partial charge in [0.1, 0.15) is 30.1 Å². The first-order chi connectivity index (χ1) is 24.5. The van der Waals surface area contributed by atoms with E-state index in [1.54, 1.807) is 28.4 Å². The molecule has 0 N–H and O–H groups in total. The summed E-state index contributed by atoms with van der Waals surface area (Å²) in [7, 11) is 2.53. The van der Waals surface area contributed by atoms with Crippen molar-refractivity contribution in [2.24, 2.45) is 0 Å². The lowest BCUT2D eigenvalue weighted by atomic mass is 10.1. The standard InChI is InChI=1S/C43H56O7P2/c1-25-15-33(16-26(2)39(25)45-11)51(34-17-27(3)40(46-12)28(4)18-34)23-37-38(50-43(9,10)49-37)24-52(44,35-19-29(5)41(47-13)30(6)20-35)36-21-31(7)42(48-14)32(8)22-36/h15-22,37-38H,23-24H2,1-14H3/t37-,38-/m0/s1. The number of benzene rings is 4. The molecule has 7 nitrogen and oxygen atoms in total. The van der Waals surface area contributed by atoms with Gasteiger partial charge in [0.05, 0.1) is 40.6 Å². The lowest BCUT2D eigenvalue weighted by Crippen LogP contribution is -2.35. The maximum atomic E-state index is 16.0. The van der Waals surface area contributed by atoms with Gasteiger partial charge in [-0.1, -0.05) is 0 Å². The summed E-state index contributed by atoms with van der Waals surface area (Å²) in [5, 5.41) is 4.02. The highest BCUT2D eigenvalue weighted by atomic mass is 31.2. The molecule has 0 unspecified atom stereocenters. The van der Waals surface area contributed by atoms with E-state index in [9.17, 15) is 0 Å².